The van der Waals surface area contributed by atoms with E-state index in [0.717, 1.165) is 25.9 Å². The summed E-state index contributed by atoms with van der Waals surface area (Å²) in [5.74, 6) is 2.12. The van der Waals surface area contributed by atoms with Crippen LogP contribution in [0.1, 0.15) is 59.8 Å². The third-order valence-electron chi connectivity index (χ3n) is 6.01. The molecule has 2 nitrogen and oxygen atoms in total. The first-order valence-corrected chi connectivity index (χ1v) is 13.2. The van der Waals surface area contributed by atoms with Crippen molar-refractivity contribution in [3.05, 3.63) is 60.7 Å². The minimum Gasteiger partial charge on any atom is -0.388 e. The Morgan fingerprint density at radius 1 is 0.828 bits per heavy atom. The molecule has 0 aliphatic heterocycles. The fraction of sp³-hybridized carbons (Fsp3) is 0.538. The highest BCUT2D eigenvalue weighted by Crippen LogP contribution is 2.32. The van der Waals surface area contributed by atoms with Crippen molar-refractivity contribution in [2.24, 2.45) is 17.8 Å². The molecule has 3 heteroatoms. The first-order valence-electron chi connectivity index (χ1n) is 11.4. The lowest BCUT2D eigenvalue weighted by Crippen LogP contribution is -2.65. The molecular weight excluding hydrogens is 372 g/mol. The highest BCUT2D eigenvalue weighted by molar-refractivity contribution is 6.92. The molecule has 2 atom stereocenters. The maximum Gasteiger partial charge on any atom is 0.407 e. The molecule has 0 N–H and O–H groups in total. The van der Waals surface area contributed by atoms with Crippen LogP contribution >= 0.6 is 0 Å². The first-order chi connectivity index (χ1) is 14.0. The minimum absolute atomic E-state index is 0.269. The quantitative estimate of drug-likeness (QED) is 0.399. The summed E-state index contributed by atoms with van der Waals surface area (Å²) in [5, 5.41) is 2.45. The fourth-order valence-corrected chi connectivity index (χ4v) is 8.09. The zero-order valence-corrected chi connectivity index (χ0v) is 19.6. The summed E-state index contributed by atoms with van der Waals surface area (Å²) < 4.78 is 14.0. The lowest BCUT2D eigenvalue weighted by Gasteiger charge is -2.39. The van der Waals surface area contributed by atoms with E-state index in [0.29, 0.717) is 17.8 Å². The third kappa shape index (κ3) is 6.03. The van der Waals surface area contributed by atoms with Gasteiger partial charge in [0.2, 0.25) is 0 Å². The van der Waals surface area contributed by atoms with Crippen molar-refractivity contribution in [3.8, 4) is 0 Å². The van der Waals surface area contributed by atoms with Gasteiger partial charge in [-0.05, 0) is 60.2 Å². The Morgan fingerprint density at radius 3 is 1.83 bits per heavy atom. The molecule has 1 aliphatic carbocycles. The Balaban J connectivity index is 1.94. The van der Waals surface area contributed by atoms with Crippen molar-refractivity contribution in [2.45, 2.75) is 65.9 Å². The van der Waals surface area contributed by atoms with Gasteiger partial charge in [0.25, 0.3) is 0 Å². The molecule has 1 saturated carbocycles. The monoisotopic (exact) mass is 410 g/mol. The van der Waals surface area contributed by atoms with Gasteiger partial charge in [0.1, 0.15) is 0 Å². The summed E-state index contributed by atoms with van der Waals surface area (Å²) >= 11 is 0. The molecule has 0 radical (unpaired) electrons. The Bertz CT molecular complexity index is 667. The van der Waals surface area contributed by atoms with Crippen LogP contribution < -0.4 is 10.4 Å². The SMILES string of the molecule is CC(C)CCCO[Si](OC1CC(C)CC(C)C1)(c1ccccc1)c1ccccc1. The van der Waals surface area contributed by atoms with Gasteiger partial charge in [-0.25, -0.2) is 0 Å². The molecule has 158 valence electrons. The summed E-state index contributed by atoms with van der Waals surface area (Å²) in [6, 6.07) is 21.5. The highest BCUT2D eigenvalue weighted by atomic mass is 28.4. The largest absolute Gasteiger partial charge is 0.407 e. The Hall–Kier alpha value is -1.42. The Morgan fingerprint density at radius 2 is 1.34 bits per heavy atom. The second-order valence-corrected chi connectivity index (χ2v) is 12.3. The van der Waals surface area contributed by atoms with E-state index >= 15 is 0 Å². The summed E-state index contributed by atoms with van der Waals surface area (Å²) in [6.45, 7) is 10.0. The van der Waals surface area contributed by atoms with Gasteiger partial charge in [-0.3, -0.25) is 0 Å². The molecule has 2 aromatic carbocycles. The lowest BCUT2D eigenvalue weighted by molar-refractivity contribution is 0.0652. The van der Waals surface area contributed by atoms with E-state index < -0.39 is 8.56 Å². The van der Waals surface area contributed by atoms with E-state index in [1.54, 1.807) is 0 Å². The molecule has 1 fully saturated rings. The zero-order valence-electron chi connectivity index (χ0n) is 18.6. The van der Waals surface area contributed by atoms with Gasteiger partial charge in [-0.1, -0.05) is 88.4 Å². The Labute approximate surface area is 178 Å². The predicted octanol–water partition coefficient (Wildman–Crippen LogP) is 5.54. The lowest BCUT2D eigenvalue weighted by atomic mass is 9.82. The molecule has 0 spiro atoms. The van der Waals surface area contributed by atoms with E-state index in [4.69, 9.17) is 8.85 Å². The van der Waals surface area contributed by atoms with E-state index in [-0.39, 0.29) is 6.10 Å². The summed E-state index contributed by atoms with van der Waals surface area (Å²) in [7, 11) is -2.77. The number of hydrogen-bond acceptors (Lipinski definition) is 2. The topological polar surface area (TPSA) is 18.5 Å². The van der Waals surface area contributed by atoms with Crippen molar-refractivity contribution in [3.63, 3.8) is 0 Å². The van der Waals surface area contributed by atoms with Crippen LogP contribution in [0.5, 0.6) is 0 Å². The van der Waals surface area contributed by atoms with E-state index in [2.05, 4.69) is 88.4 Å². The van der Waals surface area contributed by atoms with E-state index in [1.807, 2.05) is 0 Å². The van der Waals surface area contributed by atoms with Crippen LogP contribution in [0.2, 0.25) is 0 Å². The molecule has 3 rings (SSSR count). The molecule has 2 unspecified atom stereocenters. The van der Waals surface area contributed by atoms with Crippen LogP contribution in [0.15, 0.2) is 60.7 Å². The van der Waals surface area contributed by atoms with Gasteiger partial charge in [0.15, 0.2) is 0 Å². The molecule has 2 aromatic rings. The molecular formula is C26H38O2Si. The Kier molecular flexibility index (Phi) is 8.11. The molecule has 0 bridgehead atoms. The van der Waals surface area contributed by atoms with Crippen LogP contribution in [0.3, 0.4) is 0 Å². The van der Waals surface area contributed by atoms with Crippen molar-refractivity contribution in [2.75, 3.05) is 6.61 Å². The van der Waals surface area contributed by atoms with E-state index in [9.17, 15) is 0 Å². The molecule has 0 saturated heterocycles. The number of hydrogen-bond donors (Lipinski definition) is 0. The van der Waals surface area contributed by atoms with Gasteiger partial charge in [0, 0.05) is 12.7 Å². The van der Waals surface area contributed by atoms with Crippen LogP contribution in [-0.2, 0) is 8.85 Å². The van der Waals surface area contributed by atoms with Gasteiger partial charge >= 0.3 is 8.56 Å². The van der Waals surface area contributed by atoms with Crippen LogP contribution in [0.25, 0.3) is 0 Å². The smallest absolute Gasteiger partial charge is 0.388 e. The third-order valence-corrected chi connectivity index (χ3v) is 9.47. The fourth-order valence-electron chi connectivity index (χ4n) is 4.73. The molecule has 29 heavy (non-hydrogen) atoms. The average molecular weight is 411 g/mol. The maximum atomic E-state index is 7.12. The standard InChI is InChI=1S/C26H38O2Si/c1-21(2)12-11-17-27-29(25-13-7-5-8-14-25,26-15-9-6-10-16-26)28-24-19-22(3)18-23(4)20-24/h5-10,13-16,21-24H,11-12,17-20H2,1-4H3. The van der Waals surface area contributed by atoms with Crippen LogP contribution in [0, 0.1) is 17.8 Å². The van der Waals surface area contributed by atoms with Gasteiger partial charge in [-0.2, -0.15) is 0 Å². The molecule has 0 amide bonds. The molecule has 0 heterocycles. The molecule has 0 aromatic heterocycles. The van der Waals surface area contributed by atoms with Crippen molar-refractivity contribution in [1.82, 2.24) is 0 Å². The van der Waals surface area contributed by atoms with E-state index in [1.165, 1.54) is 23.2 Å². The van der Waals surface area contributed by atoms with Crippen molar-refractivity contribution < 1.29 is 8.85 Å². The second kappa shape index (κ2) is 10.6. The number of benzene rings is 2. The first kappa shape index (κ1) is 22.3. The van der Waals surface area contributed by atoms with Gasteiger partial charge in [-0.15, -0.1) is 0 Å². The van der Waals surface area contributed by atoms with Crippen molar-refractivity contribution in [1.29, 1.82) is 0 Å². The maximum absolute atomic E-state index is 7.12. The van der Waals surface area contributed by atoms with Gasteiger partial charge < -0.3 is 8.85 Å². The average Bonchev–Trinajstić information content (AvgIpc) is 2.71. The zero-order chi connectivity index (χ0) is 20.7. The van der Waals surface area contributed by atoms with Crippen LogP contribution in [-0.4, -0.2) is 21.3 Å². The molecule has 1 aliphatic rings. The summed E-state index contributed by atoms with van der Waals surface area (Å²) in [5.41, 5.74) is 0. The predicted molar refractivity (Wildman–Crippen MR) is 125 cm³/mol. The van der Waals surface area contributed by atoms with Crippen molar-refractivity contribution >= 4 is 18.9 Å². The minimum atomic E-state index is -2.77. The van der Waals surface area contributed by atoms with Gasteiger partial charge in [0.05, 0.1) is 0 Å². The summed E-state index contributed by atoms with van der Waals surface area (Å²) in [6.07, 6.45) is 6.10. The highest BCUT2D eigenvalue weighted by Gasteiger charge is 2.45. The van der Waals surface area contributed by atoms with Crippen LogP contribution in [0.4, 0.5) is 0 Å². The second-order valence-electron chi connectivity index (χ2n) is 9.39. The normalized spacial score (nSPS) is 22.7. The summed E-state index contributed by atoms with van der Waals surface area (Å²) in [4.78, 5) is 0. The number of rotatable bonds is 9.